The standard InChI is InChI=1S/C23H21N5O2S/c29-21-6-2-1-3-14-28(21)17-7-9-18(10-8-17)31-27-20-15-16(11-13-24-20)23-26-22-19(30-23)5-4-12-25-22/h4-5,7-13,15H,1-3,6,14H2,(H,24,27). The quantitative estimate of drug-likeness (QED) is 0.429. The van der Waals surface area contributed by atoms with Crippen LogP contribution in [0.1, 0.15) is 25.7 Å². The first-order valence-corrected chi connectivity index (χ1v) is 11.1. The van der Waals surface area contributed by atoms with Gasteiger partial charge in [0.1, 0.15) is 5.82 Å². The van der Waals surface area contributed by atoms with Crippen LogP contribution in [0.5, 0.6) is 0 Å². The fourth-order valence-corrected chi connectivity index (χ4v) is 4.18. The maximum atomic E-state index is 12.3. The summed E-state index contributed by atoms with van der Waals surface area (Å²) in [4.78, 5) is 28.3. The lowest BCUT2D eigenvalue weighted by Crippen LogP contribution is -2.29. The Hall–Kier alpha value is -3.39. The van der Waals surface area contributed by atoms with Gasteiger partial charge in [-0.15, -0.1) is 0 Å². The molecule has 5 rings (SSSR count). The highest BCUT2D eigenvalue weighted by Crippen LogP contribution is 2.28. The molecule has 7 nitrogen and oxygen atoms in total. The summed E-state index contributed by atoms with van der Waals surface area (Å²) in [6.07, 6.45) is 7.21. The second-order valence-electron chi connectivity index (χ2n) is 7.33. The molecule has 31 heavy (non-hydrogen) atoms. The van der Waals surface area contributed by atoms with Crippen LogP contribution in [0.3, 0.4) is 0 Å². The van der Waals surface area contributed by atoms with Gasteiger partial charge in [-0.2, -0.15) is 4.98 Å². The molecule has 0 spiro atoms. The van der Waals surface area contributed by atoms with Gasteiger partial charge in [0.05, 0.1) is 0 Å². The lowest BCUT2D eigenvalue weighted by molar-refractivity contribution is -0.118. The number of rotatable bonds is 5. The largest absolute Gasteiger partial charge is 0.434 e. The van der Waals surface area contributed by atoms with E-state index in [4.69, 9.17) is 4.42 Å². The minimum Gasteiger partial charge on any atom is -0.434 e. The van der Waals surface area contributed by atoms with Crippen LogP contribution in [0.4, 0.5) is 11.5 Å². The molecule has 0 radical (unpaired) electrons. The van der Waals surface area contributed by atoms with E-state index in [1.807, 2.05) is 53.4 Å². The lowest BCUT2D eigenvalue weighted by Gasteiger charge is -2.20. The van der Waals surface area contributed by atoms with Crippen LogP contribution in [-0.4, -0.2) is 27.4 Å². The van der Waals surface area contributed by atoms with Crippen molar-refractivity contribution in [2.45, 2.75) is 30.6 Å². The number of hydrogen-bond acceptors (Lipinski definition) is 7. The maximum absolute atomic E-state index is 12.3. The molecular weight excluding hydrogens is 410 g/mol. The van der Waals surface area contributed by atoms with Gasteiger partial charge in [0, 0.05) is 41.5 Å². The minimum atomic E-state index is 0.214. The molecule has 0 unspecified atom stereocenters. The van der Waals surface area contributed by atoms with Gasteiger partial charge in [-0.3, -0.25) is 4.79 Å². The number of oxazole rings is 1. The van der Waals surface area contributed by atoms with Crippen molar-refractivity contribution < 1.29 is 9.21 Å². The van der Waals surface area contributed by atoms with Crippen molar-refractivity contribution in [1.29, 1.82) is 0 Å². The molecule has 1 amide bonds. The van der Waals surface area contributed by atoms with Crippen LogP contribution in [0, 0.1) is 0 Å². The number of pyridine rings is 2. The summed E-state index contributed by atoms with van der Waals surface area (Å²) in [6, 6.07) is 15.4. The number of nitrogens with one attached hydrogen (secondary N) is 1. The molecule has 1 aliphatic heterocycles. The van der Waals surface area contributed by atoms with Gasteiger partial charge in [-0.05, 0) is 73.3 Å². The number of benzene rings is 1. The molecule has 1 saturated heterocycles. The number of hydrogen-bond donors (Lipinski definition) is 1. The van der Waals surface area contributed by atoms with E-state index < -0.39 is 0 Å². The number of anilines is 2. The van der Waals surface area contributed by atoms with Crippen LogP contribution in [0.2, 0.25) is 0 Å². The zero-order valence-electron chi connectivity index (χ0n) is 16.8. The van der Waals surface area contributed by atoms with Crippen molar-refractivity contribution in [3.05, 3.63) is 60.9 Å². The first-order chi connectivity index (χ1) is 15.3. The molecule has 8 heteroatoms. The molecule has 156 valence electrons. The van der Waals surface area contributed by atoms with Gasteiger partial charge < -0.3 is 14.0 Å². The van der Waals surface area contributed by atoms with Crippen LogP contribution < -0.4 is 9.62 Å². The van der Waals surface area contributed by atoms with Crippen molar-refractivity contribution >= 4 is 40.6 Å². The van der Waals surface area contributed by atoms with Gasteiger partial charge in [-0.1, -0.05) is 6.42 Å². The average Bonchev–Trinajstić information content (AvgIpc) is 3.14. The predicted molar refractivity (Wildman–Crippen MR) is 122 cm³/mol. The molecule has 1 N–H and O–H groups in total. The highest BCUT2D eigenvalue weighted by atomic mass is 32.2. The normalized spacial score (nSPS) is 14.6. The molecule has 0 bridgehead atoms. The third kappa shape index (κ3) is 4.39. The SMILES string of the molecule is O=C1CCCCCN1c1ccc(SNc2cc(-c3nc4ncccc4o3)ccn2)cc1. The summed E-state index contributed by atoms with van der Waals surface area (Å²) in [5, 5.41) is 0. The zero-order chi connectivity index (χ0) is 21.0. The van der Waals surface area contributed by atoms with Gasteiger partial charge in [0.25, 0.3) is 0 Å². The molecule has 1 aliphatic rings. The maximum Gasteiger partial charge on any atom is 0.229 e. The van der Waals surface area contributed by atoms with Crippen molar-refractivity contribution in [2.75, 3.05) is 16.2 Å². The number of carbonyl (C=O) groups excluding carboxylic acids is 1. The topological polar surface area (TPSA) is 84.2 Å². The Bertz CT molecular complexity index is 1180. The van der Waals surface area contributed by atoms with E-state index in [1.165, 1.54) is 11.9 Å². The highest BCUT2D eigenvalue weighted by molar-refractivity contribution is 8.00. The van der Waals surface area contributed by atoms with Crippen LogP contribution >= 0.6 is 11.9 Å². The Morgan fingerprint density at radius 1 is 1.00 bits per heavy atom. The Balaban J connectivity index is 1.27. The van der Waals surface area contributed by atoms with E-state index in [1.54, 1.807) is 12.4 Å². The van der Waals surface area contributed by atoms with Crippen LogP contribution in [0.25, 0.3) is 22.7 Å². The third-order valence-corrected chi connectivity index (χ3v) is 5.99. The summed E-state index contributed by atoms with van der Waals surface area (Å²) in [7, 11) is 0. The van der Waals surface area contributed by atoms with E-state index >= 15 is 0 Å². The van der Waals surface area contributed by atoms with Crippen molar-refractivity contribution in [3.8, 4) is 11.5 Å². The lowest BCUT2D eigenvalue weighted by atomic mass is 10.2. The smallest absolute Gasteiger partial charge is 0.229 e. The van der Waals surface area contributed by atoms with Gasteiger partial charge in [0.15, 0.2) is 11.2 Å². The fraction of sp³-hybridized carbons (Fsp3) is 0.217. The monoisotopic (exact) mass is 431 g/mol. The number of fused-ring (bicyclic) bond motifs is 1. The average molecular weight is 432 g/mol. The van der Waals surface area contributed by atoms with Gasteiger partial charge >= 0.3 is 0 Å². The second kappa shape index (κ2) is 8.77. The minimum absolute atomic E-state index is 0.214. The molecule has 0 aliphatic carbocycles. The molecular formula is C23H21N5O2S. The Kier molecular flexibility index (Phi) is 5.54. The van der Waals surface area contributed by atoms with E-state index in [2.05, 4.69) is 19.7 Å². The Labute approximate surface area is 184 Å². The fourth-order valence-electron chi connectivity index (χ4n) is 3.57. The summed E-state index contributed by atoms with van der Waals surface area (Å²) < 4.78 is 9.05. The zero-order valence-corrected chi connectivity index (χ0v) is 17.6. The van der Waals surface area contributed by atoms with E-state index in [9.17, 15) is 4.79 Å². The first kappa shape index (κ1) is 19.6. The number of aromatic nitrogens is 3. The molecule has 0 atom stereocenters. The Morgan fingerprint density at radius 2 is 1.90 bits per heavy atom. The van der Waals surface area contributed by atoms with Gasteiger partial charge in [-0.25, -0.2) is 9.97 Å². The van der Waals surface area contributed by atoms with Gasteiger partial charge in [0.2, 0.25) is 11.8 Å². The number of amides is 1. The first-order valence-electron chi connectivity index (χ1n) is 10.3. The summed E-state index contributed by atoms with van der Waals surface area (Å²) in [5.74, 6) is 1.42. The number of carbonyl (C=O) groups is 1. The van der Waals surface area contributed by atoms with Crippen molar-refractivity contribution in [1.82, 2.24) is 15.0 Å². The summed E-state index contributed by atoms with van der Waals surface area (Å²) in [5.41, 5.74) is 3.02. The molecule has 4 heterocycles. The molecule has 1 aromatic carbocycles. The van der Waals surface area contributed by atoms with E-state index in [-0.39, 0.29) is 5.91 Å². The van der Waals surface area contributed by atoms with Crippen molar-refractivity contribution in [3.63, 3.8) is 0 Å². The third-order valence-electron chi connectivity index (χ3n) is 5.17. The molecule has 4 aromatic rings. The predicted octanol–water partition coefficient (Wildman–Crippen LogP) is 5.31. The Morgan fingerprint density at radius 3 is 2.77 bits per heavy atom. The summed E-state index contributed by atoms with van der Waals surface area (Å²) >= 11 is 1.46. The van der Waals surface area contributed by atoms with Crippen LogP contribution in [-0.2, 0) is 4.79 Å². The molecule has 0 saturated carbocycles. The molecule has 1 fully saturated rings. The van der Waals surface area contributed by atoms with Crippen LogP contribution in [0.15, 0.2) is 70.2 Å². The second-order valence-corrected chi connectivity index (χ2v) is 8.21. The number of nitrogens with zero attached hydrogens (tertiary/aromatic N) is 4. The van der Waals surface area contributed by atoms with Crippen molar-refractivity contribution in [2.24, 2.45) is 0 Å². The summed E-state index contributed by atoms with van der Waals surface area (Å²) in [6.45, 7) is 0.797. The molecule has 3 aromatic heterocycles. The highest BCUT2D eigenvalue weighted by Gasteiger charge is 2.18. The van der Waals surface area contributed by atoms with E-state index in [0.717, 1.165) is 42.0 Å². The van der Waals surface area contributed by atoms with E-state index in [0.29, 0.717) is 29.4 Å².